The van der Waals surface area contributed by atoms with Crippen molar-refractivity contribution in [2.24, 2.45) is 0 Å². The van der Waals surface area contributed by atoms with Gasteiger partial charge in [-0.3, -0.25) is 9.59 Å². The third kappa shape index (κ3) is 3.34. The molecule has 8 heteroatoms. The third-order valence-corrected chi connectivity index (χ3v) is 2.43. The summed E-state index contributed by atoms with van der Waals surface area (Å²) in [6.45, 7) is 1.80. The van der Waals surface area contributed by atoms with E-state index in [1.54, 1.807) is 6.92 Å². The zero-order valence-electron chi connectivity index (χ0n) is 10.3. The van der Waals surface area contributed by atoms with Gasteiger partial charge < -0.3 is 5.11 Å². The van der Waals surface area contributed by atoms with Crippen molar-refractivity contribution in [3.05, 3.63) is 29.8 Å². The molecular weight excluding hydrogens is 279 g/mol. The number of carboxylic acids is 1. The summed E-state index contributed by atoms with van der Waals surface area (Å²) >= 11 is 0. The van der Waals surface area contributed by atoms with Gasteiger partial charge in [-0.15, -0.1) is 0 Å². The molecule has 0 heterocycles. The van der Waals surface area contributed by atoms with Crippen LogP contribution in [0.1, 0.15) is 12.5 Å². The zero-order chi connectivity index (χ0) is 15.5. The second-order valence-corrected chi connectivity index (χ2v) is 3.77. The highest BCUT2D eigenvalue weighted by Gasteiger charge is 2.46. The van der Waals surface area contributed by atoms with Crippen LogP contribution in [0.2, 0.25) is 0 Å². The van der Waals surface area contributed by atoms with Crippen LogP contribution in [0.5, 0.6) is 0 Å². The second-order valence-electron chi connectivity index (χ2n) is 3.77. The average Bonchev–Trinajstić information content (AvgIpc) is 2.38. The van der Waals surface area contributed by atoms with Gasteiger partial charge in [0.15, 0.2) is 0 Å². The minimum absolute atomic E-state index is 0.401. The molecule has 0 aliphatic carbocycles. The van der Waals surface area contributed by atoms with Gasteiger partial charge in [0.05, 0.1) is 5.69 Å². The van der Waals surface area contributed by atoms with Crippen molar-refractivity contribution in [1.29, 1.82) is 0 Å². The minimum Gasteiger partial charge on any atom is -0.474 e. The summed E-state index contributed by atoms with van der Waals surface area (Å²) < 4.78 is 37.3. The SMILES string of the molecule is CCc1ccc(N(C(=O)C(=O)O)C(=O)C(F)(F)F)cc1. The van der Waals surface area contributed by atoms with Crippen molar-refractivity contribution in [3.8, 4) is 0 Å². The topological polar surface area (TPSA) is 74.7 Å². The fraction of sp³-hybridized carbons (Fsp3) is 0.250. The smallest absolute Gasteiger partial charge is 0.472 e. The Labute approximate surface area is 111 Å². The maximum atomic E-state index is 12.4. The molecule has 1 aromatic carbocycles. The number of nitrogens with zero attached hydrogens (tertiary/aromatic N) is 1. The molecule has 0 bridgehead atoms. The van der Waals surface area contributed by atoms with Crippen LogP contribution >= 0.6 is 0 Å². The highest BCUT2D eigenvalue weighted by molar-refractivity contribution is 6.43. The predicted molar refractivity (Wildman–Crippen MR) is 62.0 cm³/mol. The van der Waals surface area contributed by atoms with E-state index in [0.29, 0.717) is 6.42 Å². The number of amides is 2. The van der Waals surface area contributed by atoms with Gasteiger partial charge in [-0.05, 0) is 24.1 Å². The molecule has 108 valence electrons. The quantitative estimate of drug-likeness (QED) is 0.842. The third-order valence-electron chi connectivity index (χ3n) is 2.43. The molecule has 0 radical (unpaired) electrons. The fourth-order valence-electron chi connectivity index (χ4n) is 1.43. The minimum atomic E-state index is -5.35. The number of hydrogen-bond donors (Lipinski definition) is 1. The van der Waals surface area contributed by atoms with Crippen LogP contribution in [-0.4, -0.2) is 29.1 Å². The van der Waals surface area contributed by atoms with Crippen LogP contribution in [0.25, 0.3) is 0 Å². The molecule has 1 aromatic rings. The van der Waals surface area contributed by atoms with Gasteiger partial charge >= 0.3 is 24.0 Å². The van der Waals surface area contributed by atoms with Crippen LogP contribution < -0.4 is 4.90 Å². The van der Waals surface area contributed by atoms with E-state index in [1.165, 1.54) is 12.1 Å². The maximum absolute atomic E-state index is 12.4. The van der Waals surface area contributed by atoms with E-state index in [1.807, 2.05) is 0 Å². The Balaban J connectivity index is 3.26. The van der Waals surface area contributed by atoms with E-state index in [0.717, 1.165) is 17.7 Å². The van der Waals surface area contributed by atoms with E-state index >= 15 is 0 Å². The molecule has 5 nitrogen and oxygen atoms in total. The van der Waals surface area contributed by atoms with Crippen LogP contribution in [0.3, 0.4) is 0 Å². The summed E-state index contributed by atoms with van der Waals surface area (Å²) in [6.07, 6.45) is -4.76. The number of hydrogen-bond acceptors (Lipinski definition) is 3. The number of imide groups is 1. The Kier molecular flexibility index (Phi) is 4.49. The summed E-state index contributed by atoms with van der Waals surface area (Å²) in [7, 11) is 0. The fourth-order valence-corrected chi connectivity index (χ4v) is 1.43. The molecule has 2 amide bonds. The van der Waals surface area contributed by atoms with E-state index in [-0.39, 0.29) is 0 Å². The van der Waals surface area contributed by atoms with E-state index in [2.05, 4.69) is 0 Å². The molecular formula is C12H10F3NO4. The first-order chi connectivity index (χ1) is 9.18. The van der Waals surface area contributed by atoms with Gasteiger partial charge in [0.25, 0.3) is 0 Å². The highest BCUT2D eigenvalue weighted by atomic mass is 19.4. The van der Waals surface area contributed by atoms with E-state index < -0.39 is 34.5 Å². The Hall–Kier alpha value is -2.38. The number of aryl methyl sites for hydroxylation is 1. The standard InChI is InChI=1S/C12H10F3NO4/c1-2-7-3-5-8(6-4-7)16(9(17)10(18)19)11(20)12(13,14)15/h3-6H,2H2,1H3,(H,18,19). The van der Waals surface area contributed by atoms with Gasteiger partial charge in [0.1, 0.15) is 0 Å². The van der Waals surface area contributed by atoms with Crippen LogP contribution in [0.4, 0.5) is 18.9 Å². The Morgan fingerprint density at radius 3 is 2.00 bits per heavy atom. The van der Waals surface area contributed by atoms with Gasteiger partial charge in [-0.1, -0.05) is 19.1 Å². The Morgan fingerprint density at radius 2 is 1.65 bits per heavy atom. The van der Waals surface area contributed by atoms with Crippen molar-refractivity contribution in [2.75, 3.05) is 4.90 Å². The lowest BCUT2D eigenvalue weighted by Crippen LogP contribution is -2.47. The number of alkyl halides is 3. The van der Waals surface area contributed by atoms with Crippen LogP contribution in [-0.2, 0) is 20.8 Å². The summed E-state index contributed by atoms with van der Waals surface area (Å²) in [5.41, 5.74) is 0.313. The summed E-state index contributed by atoms with van der Waals surface area (Å²) in [6, 6.07) is 4.98. The van der Waals surface area contributed by atoms with Crippen LogP contribution in [0, 0.1) is 0 Å². The first-order valence-electron chi connectivity index (χ1n) is 5.46. The average molecular weight is 289 g/mol. The normalized spacial score (nSPS) is 11.0. The number of halogens is 3. The summed E-state index contributed by atoms with van der Waals surface area (Å²) in [5, 5.41) is 8.52. The second kappa shape index (κ2) is 5.72. The van der Waals surface area contributed by atoms with Gasteiger partial charge in [-0.2, -0.15) is 13.2 Å². The number of carbonyl (C=O) groups is 3. The molecule has 0 aliphatic heterocycles. The number of carboxylic acid groups (broad SMARTS) is 1. The number of benzene rings is 1. The largest absolute Gasteiger partial charge is 0.474 e. The van der Waals surface area contributed by atoms with Crippen molar-refractivity contribution in [3.63, 3.8) is 0 Å². The Morgan fingerprint density at radius 1 is 1.15 bits per heavy atom. The molecule has 0 atom stereocenters. The number of rotatable bonds is 2. The van der Waals surface area contributed by atoms with Crippen molar-refractivity contribution in [2.45, 2.75) is 19.5 Å². The molecule has 0 aliphatic rings. The predicted octanol–water partition coefficient (Wildman–Crippen LogP) is 1.76. The van der Waals surface area contributed by atoms with Gasteiger partial charge in [0.2, 0.25) is 0 Å². The molecule has 0 saturated heterocycles. The lowest BCUT2D eigenvalue weighted by Gasteiger charge is -2.20. The lowest BCUT2D eigenvalue weighted by atomic mass is 10.1. The van der Waals surface area contributed by atoms with Crippen molar-refractivity contribution >= 4 is 23.5 Å². The first-order valence-corrected chi connectivity index (χ1v) is 5.46. The zero-order valence-corrected chi connectivity index (χ0v) is 10.3. The molecule has 20 heavy (non-hydrogen) atoms. The molecule has 0 spiro atoms. The summed E-state index contributed by atoms with van der Waals surface area (Å²) in [4.78, 5) is 32.6. The van der Waals surface area contributed by atoms with E-state index in [4.69, 9.17) is 5.11 Å². The first kappa shape index (κ1) is 15.7. The molecule has 0 unspecified atom stereocenters. The summed E-state index contributed by atoms with van der Waals surface area (Å²) in [5.74, 6) is -6.66. The highest BCUT2D eigenvalue weighted by Crippen LogP contribution is 2.24. The lowest BCUT2D eigenvalue weighted by molar-refractivity contribution is -0.172. The molecule has 1 N–H and O–H groups in total. The molecule has 1 rings (SSSR count). The Bertz CT molecular complexity index is 537. The maximum Gasteiger partial charge on any atom is 0.472 e. The van der Waals surface area contributed by atoms with Crippen molar-refractivity contribution in [1.82, 2.24) is 0 Å². The number of aliphatic carboxylic acids is 1. The van der Waals surface area contributed by atoms with Gasteiger partial charge in [0, 0.05) is 0 Å². The monoisotopic (exact) mass is 289 g/mol. The van der Waals surface area contributed by atoms with E-state index in [9.17, 15) is 27.6 Å². The number of anilines is 1. The van der Waals surface area contributed by atoms with Crippen LogP contribution in [0.15, 0.2) is 24.3 Å². The molecule has 0 fully saturated rings. The molecule has 0 aromatic heterocycles. The molecule has 0 saturated carbocycles. The van der Waals surface area contributed by atoms with Gasteiger partial charge in [-0.25, -0.2) is 9.69 Å². The van der Waals surface area contributed by atoms with Crippen molar-refractivity contribution < 1.29 is 32.7 Å². The number of carbonyl (C=O) groups excluding carboxylic acids is 2.